The predicted octanol–water partition coefficient (Wildman–Crippen LogP) is 3.34. The van der Waals surface area contributed by atoms with Crippen LogP contribution in [0.3, 0.4) is 0 Å². The molecule has 0 radical (unpaired) electrons. The minimum Gasteiger partial charge on any atom is -0.392 e. The molecule has 0 bridgehead atoms. The molecule has 0 spiro atoms. The van der Waals surface area contributed by atoms with Crippen molar-refractivity contribution in [2.24, 2.45) is 0 Å². The summed E-state index contributed by atoms with van der Waals surface area (Å²) in [5.74, 6) is -3.61. The van der Waals surface area contributed by atoms with E-state index in [1.54, 1.807) is 0 Å². The van der Waals surface area contributed by atoms with Gasteiger partial charge in [-0.15, -0.1) is 0 Å². The Bertz CT molecular complexity index is 1480. The highest BCUT2D eigenvalue weighted by atomic mass is 19.2. The monoisotopic (exact) mass is 650 g/mol. The van der Waals surface area contributed by atoms with Crippen LogP contribution in [0.5, 0.6) is 0 Å². The quantitative estimate of drug-likeness (QED) is 0.233. The van der Waals surface area contributed by atoms with Crippen LogP contribution in [0.1, 0.15) is 30.9 Å². The summed E-state index contributed by atoms with van der Waals surface area (Å²) in [6.45, 7) is 2.49. The Hall–Kier alpha value is -4.19. The molecule has 4 unspecified atom stereocenters. The lowest BCUT2D eigenvalue weighted by molar-refractivity contribution is -0.149. The molecule has 4 rings (SSSR count). The van der Waals surface area contributed by atoms with Gasteiger partial charge in [0.15, 0.2) is 11.6 Å². The van der Waals surface area contributed by atoms with Gasteiger partial charge in [-0.1, -0.05) is 60.7 Å². The van der Waals surface area contributed by atoms with Gasteiger partial charge in [0.2, 0.25) is 17.7 Å². The summed E-state index contributed by atoms with van der Waals surface area (Å²) in [4.78, 5) is 43.6. The van der Waals surface area contributed by atoms with Crippen LogP contribution in [0.25, 0.3) is 11.1 Å². The predicted molar refractivity (Wildman–Crippen MR) is 175 cm³/mol. The van der Waals surface area contributed by atoms with E-state index < -0.39 is 47.5 Å². The number of likely N-dealkylation sites (N-methyl/N-ethyl adjacent to an activating group) is 2. The Morgan fingerprint density at radius 2 is 1.57 bits per heavy atom. The lowest BCUT2D eigenvalue weighted by Crippen LogP contribution is -2.56. The Morgan fingerprint density at radius 1 is 0.915 bits per heavy atom. The summed E-state index contributed by atoms with van der Waals surface area (Å²) >= 11 is 0. The molecule has 4 atom stereocenters. The fraction of sp³-hybridized carbons (Fsp3) is 0.417. The molecular formula is C36H44F2N4O5. The number of hydrogen-bond acceptors (Lipinski definition) is 6. The zero-order valence-corrected chi connectivity index (χ0v) is 27.1. The topological polar surface area (TPSA) is 111 Å². The Labute approximate surface area is 274 Å². The van der Waals surface area contributed by atoms with Crippen LogP contribution >= 0.6 is 0 Å². The van der Waals surface area contributed by atoms with E-state index in [0.717, 1.165) is 48.2 Å². The van der Waals surface area contributed by atoms with E-state index in [9.17, 15) is 28.3 Å². The second kappa shape index (κ2) is 17.1. The molecule has 1 heterocycles. The smallest absolute Gasteiger partial charge is 0.249 e. The third kappa shape index (κ3) is 10.1. The van der Waals surface area contributed by atoms with E-state index in [4.69, 9.17) is 4.74 Å². The van der Waals surface area contributed by atoms with Crippen molar-refractivity contribution in [1.82, 2.24) is 20.4 Å². The molecule has 0 saturated carbocycles. The van der Waals surface area contributed by atoms with Crippen molar-refractivity contribution in [2.45, 2.75) is 56.8 Å². The zero-order valence-electron chi connectivity index (χ0n) is 27.1. The average molecular weight is 651 g/mol. The summed E-state index contributed by atoms with van der Waals surface area (Å²) in [5, 5.41) is 15.7. The third-order valence-corrected chi connectivity index (χ3v) is 8.45. The van der Waals surface area contributed by atoms with Gasteiger partial charge in [0.1, 0.15) is 18.7 Å². The second-order valence-corrected chi connectivity index (χ2v) is 12.1. The number of hydrogen-bond donors (Lipinski definition) is 3. The number of benzene rings is 3. The molecule has 1 saturated heterocycles. The highest BCUT2D eigenvalue weighted by Gasteiger charge is 2.35. The number of aliphatic hydroxyl groups is 1. The maximum atomic E-state index is 14.3. The minimum atomic E-state index is -1.15. The Morgan fingerprint density at radius 3 is 2.21 bits per heavy atom. The molecule has 3 amide bonds. The number of aliphatic hydroxyl groups excluding tert-OH is 1. The van der Waals surface area contributed by atoms with Crippen molar-refractivity contribution in [2.75, 3.05) is 40.4 Å². The van der Waals surface area contributed by atoms with E-state index in [2.05, 4.69) is 10.6 Å². The minimum absolute atomic E-state index is 0.0715. The van der Waals surface area contributed by atoms with Gasteiger partial charge in [-0.3, -0.25) is 14.4 Å². The standard InChI is InChI=1S/C36H44F2N4O5/c1-24(43)21-40-35(45)32(20-26-13-16-30(37)31(38)18-26)42(3)36(46)33(41(2)34(44)23-47-22-29-10-7-17-39-29)19-25-11-14-28(15-12-25)27-8-5-4-6-9-27/h4-6,8-9,11-16,18,24,29,32-33,39,43H,7,10,17,19-23H2,1-3H3,(H,40,45). The highest BCUT2D eigenvalue weighted by Crippen LogP contribution is 2.22. The fourth-order valence-electron chi connectivity index (χ4n) is 5.59. The first-order valence-corrected chi connectivity index (χ1v) is 15.9. The highest BCUT2D eigenvalue weighted by molar-refractivity contribution is 5.92. The Balaban J connectivity index is 1.58. The fourth-order valence-corrected chi connectivity index (χ4v) is 5.59. The molecule has 9 nitrogen and oxygen atoms in total. The third-order valence-electron chi connectivity index (χ3n) is 8.45. The van der Waals surface area contributed by atoms with Gasteiger partial charge in [0.25, 0.3) is 0 Å². The number of nitrogens with one attached hydrogen (secondary N) is 2. The lowest BCUT2D eigenvalue weighted by atomic mass is 9.98. The second-order valence-electron chi connectivity index (χ2n) is 12.1. The van der Waals surface area contributed by atoms with Gasteiger partial charge in [0.05, 0.1) is 12.7 Å². The number of halogens is 2. The molecule has 3 aromatic carbocycles. The zero-order chi connectivity index (χ0) is 33.9. The molecule has 47 heavy (non-hydrogen) atoms. The maximum Gasteiger partial charge on any atom is 0.249 e. The van der Waals surface area contributed by atoms with Crippen molar-refractivity contribution in [3.05, 3.63) is 95.6 Å². The molecule has 3 aromatic rings. The summed E-state index contributed by atoms with van der Waals surface area (Å²) in [6, 6.07) is 18.9. The van der Waals surface area contributed by atoms with E-state index in [1.807, 2.05) is 54.6 Å². The number of amides is 3. The van der Waals surface area contributed by atoms with Crippen molar-refractivity contribution in [1.29, 1.82) is 0 Å². The summed E-state index contributed by atoms with van der Waals surface area (Å²) in [5.41, 5.74) is 3.12. The molecular weight excluding hydrogens is 606 g/mol. The van der Waals surface area contributed by atoms with Gasteiger partial charge in [-0.05, 0) is 60.7 Å². The largest absolute Gasteiger partial charge is 0.392 e. The van der Waals surface area contributed by atoms with Gasteiger partial charge >= 0.3 is 0 Å². The van der Waals surface area contributed by atoms with Gasteiger partial charge in [-0.2, -0.15) is 0 Å². The molecule has 252 valence electrons. The van der Waals surface area contributed by atoms with Crippen molar-refractivity contribution < 1.29 is 33.0 Å². The van der Waals surface area contributed by atoms with E-state index >= 15 is 0 Å². The summed E-state index contributed by atoms with van der Waals surface area (Å²) in [7, 11) is 2.98. The van der Waals surface area contributed by atoms with Crippen molar-refractivity contribution in [3.8, 4) is 11.1 Å². The van der Waals surface area contributed by atoms with Crippen LogP contribution < -0.4 is 10.6 Å². The van der Waals surface area contributed by atoms with E-state index in [0.29, 0.717) is 12.2 Å². The van der Waals surface area contributed by atoms with E-state index in [-0.39, 0.29) is 32.0 Å². The van der Waals surface area contributed by atoms with Gasteiger partial charge < -0.3 is 30.3 Å². The number of rotatable bonds is 15. The maximum absolute atomic E-state index is 14.3. The van der Waals surface area contributed by atoms with Crippen LogP contribution in [0.15, 0.2) is 72.8 Å². The molecule has 0 aromatic heterocycles. The molecule has 3 N–H and O–H groups in total. The van der Waals surface area contributed by atoms with Gasteiger partial charge in [-0.25, -0.2) is 8.78 Å². The summed E-state index contributed by atoms with van der Waals surface area (Å²) in [6.07, 6.45) is 1.19. The SMILES string of the molecule is CC(O)CNC(=O)C(Cc1ccc(F)c(F)c1)N(C)C(=O)C(Cc1ccc(-c2ccccc2)cc1)N(C)C(=O)COCC1CCCN1. The normalized spacial score (nSPS) is 16.3. The van der Waals surface area contributed by atoms with Crippen molar-refractivity contribution >= 4 is 17.7 Å². The number of ether oxygens (including phenoxy) is 1. The molecule has 1 aliphatic heterocycles. The first-order chi connectivity index (χ1) is 22.5. The lowest BCUT2D eigenvalue weighted by Gasteiger charge is -2.34. The average Bonchev–Trinajstić information content (AvgIpc) is 3.60. The van der Waals surface area contributed by atoms with E-state index in [1.165, 1.54) is 36.9 Å². The van der Waals surface area contributed by atoms with Crippen molar-refractivity contribution in [3.63, 3.8) is 0 Å². The van der Waals surface area contributed by atoms with Crippen LogP contribution in [0.4, 0.5) is 8.78 Å². The molecule has 0 aliphatic carbocycles. The van der Waals surface area contributed by atoms with Gasteiger partial charge in [0, 0.05) is 39.5 Å². The molecule has 11 heteroatoms. The van der Waals surface area contributed by atoms with Crippen LogP contribution in [0, 0.1) is 11.6 Å². The van der Waals surface area contributed by atoms with Crippen LogP contribution in [0.2, 0.25) is 0 Å². The molecule has 1 aliphatic rings. The number of nitrogens with zero attached hydrogens (tertiary/aromatic N) is 2. The first kappa shape index (κ1) is 35.7. The number of carbonyl (C=O) groups is 3. The number of carbonyl (C=O) groups excluding carboxylic acids is 3. The Kier molecular flexibility index (Phi) is 13.0. The van der Waals surface area contributed by atoms with Crippen LogP contribution in [-0.2, 0) is 32.0 Å². The molecule has 1 fully saturated rings. The van der Waals surface area contributed by atoms with Crippen LogP contribution in [-0.4, -0.2) is 97.3 Å². The summed E-state index contributed by atoms with van der Waals surface area (Å²) < 4.78 is 33.5. The first-order valence-electron chi connectivity index (χ1n) is 15.9.